The topological polar surface area (TPSA) is 54.7 Å². The van der Waals surface area contributed by atoms with Gasteiger partial charge in [-0.05, 0) is 52.7 Å². The number of H-pyrrole nitrogens is 1. The normalized spacial score (nSPS) is 11.0. The summed E-state index contributed by atoms with van der Waals surface area (Å²) >= 11 is 3.54. The second-order valence-electron chi connectivity index (χ2n) is 4.35. The zero-order chi connectivity index (χ0) is 12.7. The van der Waals surface area contributed by atoms with Crippen molar-refractivity contribution < 1.29 is 0 Å². The molecule has 4 heteroatoms. The number of benzene rings is 2. The molecule has 0 saturated heterocycles. The molecule has 0 bridgehead atoms. The molecule has 3 nitrogen and oxygen atoms in total. The standard InChI is InChI=1S/C14H12BrN3/c1-8-5-11(15)13-12(6-8)17-14(18-13)9-3-2-4-10(16)7-9/h2-7H,16H2,1H3,(H,17,18). The predicted molar refractivity (Wildman–Crippen MR) is 78.4 cm³/mol. The van der Waals surface area contributed by atoms with Crippen LogP contribution >= 0.6 is 15.9 Å². The van der Waals surface area contributed by atoms with Crippen LogP contribution in [0, 0.1) is 6.92 Å². The third kappa shape index (κ3) is 1.88. The van der Waals surface area contributed by atoms with Gasteiger partial charge in [-0.15, -0.1) is 0 Å². The van der Waals surface area contributed by atoms with Crippen LogP contribution in [0.2, 0.25) is 0 Å². The molecule has 0 radical (unpaired) electrons. The third-order valence-corrected chi connectivity index (χ3v) is 3.45. The fourth-order valence-electron chi connectivity index (χ4n) is 2.03. The zero-order valence-electron chi connectivity index (χ0n) is 9.87. The summed E-state index contributed by atoms with van der Waals surface area (Å²) in [5.41, 5.74) is 10.7. The Bertz CT molecular complexity index is 731. The van der Waals surface area contributed by atoms with Gasteiger partial charge < -0.3 is 10.7 Å². The first-order valence-electron chi connectivity index (χ1n) is 5.65. The summed E-state index contributed by atoms with van der Waals surface area (Å²) < 4.78 is 1.00. The van der Waals surface area contributed by atoms with Crippen molar-refractivity contribution in [1.82, 2.24) is 9.97 Å². The second-order valence-corrected chi connectivity index (χ2v) is 5.21. The Hall–Kier alpha value is -1.81. The summed E-state index contributed by atoms with van der Waals surface area (Å²) in [7, 11) is 0. The van der Waals surface area contributed by atoms with Gasteiger partial charge in [0.05, 0.1) is 5.52 Å². The van der Waals surface area contributed by atoms with Gasteiger partial charge in [0.15, 0.2) is 0 Å². The Morgan fingerprint density at radius 2 is 2.06 bits per heavy atom. The Balaban J connectivity index is 2.22. The van der Waals surface area contributed by atoms with E-state index < -0.39 is 0 Å². The van der Waals surface area contributed by atoms with Crippen molar-refractivity contribution in [3.05, 3.63) is 46.4 Å². The maximum atomic E-state index is 5.79. The number of aryl methyl sites for hydroxylation is 1. The number of aromatic amines is 1. The fourth-order valence-corrected chi connectivity index (χ4v) is 2.70. The summed E-state index contributed by atoms with van der Waals surface area (Å²) in [6, 6.07) is 11.9. The number of nitrogens with zero attached hydrogens (tertiary/aromatic N) is 1. The highest BCUT2D eigenvalue weighted by atomic mass is 79.9. The second kappa shape index (κ2) is 4.14. The largest absolute Gasteiger partial charge is 0.399 e. The molecule has 1 aromatic heterocycles. The van der Waals surface area contributed by atoms with Crippen LogP contribution in [0.1, 0.15) is 5.56 Å². The Morgan fingerprint density at radius 1 is 1.22 bits per heavy atom. The number of rotatable bonds is 1. The Labute approximate surface area is 113 Å². The number of hydrogen-bond donors (Lipinski definition) is 2. The molecule has 0 unspecified atom stereocenters. The number of fused-ring (bicyclic) bond motifs is 1. The minimum atomic E-state index is 0.739. The quantitative estimate of drug-likeness (QED) is 0.670. The number of halogens is 1. The van der Waals surface area contributed by atoms with E-state index in [1.54, 1.807) is 0 Å². The molecule has 0 fully saturated rings. The van der Waals surface area contributed by atoms with Gasteiger partial charge in [-0.25, -0.2) is 4.98 Å². The molecular weight excluding hydrogens is 290 g/mol. The number of aromatic nitrogens is 2. The van der Waals surface area contributed by atoms with Crippen LogP contribution in [0.15, 0.2) is 40.9 Å². The van der Waals surface area contributed by atoms with Gasteiger partial charge >= 0.3 is 0 Å². The van der Waals surface area contributed by atoms with Gasteiger partial charge in [0.25, 0.3) is 0 Å². The lowest BCUT2D eigenvalue weighted by molar-refractivity contribution is 1.33. The minimum Gasteiger partial charge on any atom is -0.399 e. The smallest absolute Gasteiger partial charge is 0.138 e. The number of nitrogen functional groups attached to an aromatic ring is 1. The maximum absolute atomic E-state index is 5.79. The van der Waals surface area contributed by atoms with E-state index in [9.17, 15) is 0 Å². The van der Waals surface area contributed by atoms with Gasteiger partial charge in [0.1, 0.15) is 11.3 Å². The van der Waals surface area contributed by atoms with Crippen LogP contribution in [-0.4, -0.2) is 9.97 Å². The molecule has 3 N–H and O–H groups in total. The van der Waals surface area contributed by atoms with Crippen molar-refractivity contribution in [3.8, 4) is 11.4 Å². The van der Waals surface area contributed by atoms with Gasteiger partial charge in [-0.3, -0.25) is 0 Å². The van der Waals surface area contributed by atoms with E-state index in [1.807, 2.05) is 24.3 Å². The Kier molecular flexibility index (Phi) is 2.59. The molecule has 0 atom stereocenters. The van der Waals surface area contributed by atoms with Crippen LogP contribution in [-0.2, 0) is 0 Å². The molecule has 0 aliphatic rings. The first-order chi connectivity index (χ1) is 8.63. The van der Waals surface area contributed by atoms with Crippen LogP contribution in [0.3, 0.4) is 0 Å². The molecule has 18 heavy (non-hydrogen) atoms. The van der Waals surface area contributed by atoms with Crippen molar-refractivity contribution in [3.63, 3.8) is 0 Å². The summed E-state index contributed by atoms with van der Waals surface area (Å²) in [4.78, 5) is 7.93. The molecule has 3 rings (SSSR count). The van der Waals surface area contributed by atoms with E-state index in [4.69, 9.17) is 5.73 Å². The van der Waals surface area contributed by atoms with E-state index in [1.165, 1.54) is 5.56 Å². The average molecular weight is 302 g/mol. The van der Waals surface area contributed by atoms with Crippen molar-refractivity contribution in [1.29, 1.82) is 0 Å². The number of anilines is 1. The van der Waals surface area contributed by atoms with Gasteiger partial charge in [-0.1, -0.05) is 12.1 Å². The van der Waals surface area contributed by atoms with Crippen molar-refractivity contribution in [2.45, 2.75) is 6.92 Å². The molecule has 3 aromatic rings. The predicted octanol–water partition coefficient (Wildman–Crippen LogP) is 3.88. The average Bonchev–Trinajstić information content (AvgIpc) is 2.73. The Morgan fingerprint density at radius 3 is 2.83 bits per heavy atom. The van der Waals surface area contributed by atoms with Crippen LogP contribution in [0.4, 0.5) is 5.69 Å². The summed E-state index contributed by atoms with van der Waals surface area (Å²) in [5, 5.41) is 0. The molecule has 0 saturated carbocycles. The van der Waals surface area contributed by atoms with Crippen LogP contribution in [0.5, 0.6) is 0 Å². The molecule has 0 aliphatic carbocycles. The molecule has 0 spiro atoms. The van der Waals surface area contributed by atoms with E-state index in [0.717, 1.165) is 32.6 Å². The molecule has 90 valence electrons. The third-order valence-electron chi connectivity index (χ3n) is 2.84. The zero-order valence-corrected chi connectivity index (χ0v) is 11.5. The lowest BCUT2D eigenvalue weighted by Gasteiger charge is -1.97. The number of hydrogen-bond acceptors (Lipinski definition) is 2. The first kappa shape index (κ1) is 11.3. The maximum Gasteiger partial charge on any atom is 0.138 e. The minimum absolute atomic E-state index is 0.739. The highest BCUT2D eigenvalue weighted by Gasteiger charge is 2.08. The summed E-state index contributed by atoms with van der Waals surface area (Å²) in [5.74, 6) is 0.837. The highest BCUT2D eigenvalue weighted by Crippen LogP contribution is 2.27. The van der Waals surface area contributed by atoms with E-state index in [0.29, 0.717) is 0 Å². The number of nitrogens with one attached hydrogen (secondary N) is 1. The van der Waals surface area contributed by atoms with Crippen molar-refractivity contribution >= 4 is 32.7 Å². The lowest BCUT2D eigenvalue weighted by Crippen LogP contribution is -1.86. The summed E-state index contributed by atoms with van der Waals surface area (Å²) in [6.07, 6.45) is 0. The molecular formula is C14H12BrN3. The van der Waals surface area contributed by atoms with Gasteiger partial charge in [0.2, 0.25) is 0 Å². The van der Waals surface area contributed by atoms with E-state index in [-0.39, 0.29) is 0 Å². The highest BCUT2D eigenvalue weighted by molar-refractivity contribution is 9.10. The van der Waals surface area contributed by atoms with Crippen molar-refractivity contribution in [2.24, 2.45) is 0 Å². The molecule has 0 aliphatic heterocycles. The van der Waals surface area contributed by atoms with Gasteiger partial charge in [-0.2, -0.15) is 0 Å². The lowest BCUT2D eigenvalue weighted by atomic mass is 10.2. The fraction of sp³-hybridized carbons (Fsp3) is 0.0714. The van der Waals surface area contributed by atoms with E-state index >= 15 is 0 Å². The molecule has 1 heterocycles. The number of nitrogens with two attached hydrogens (primary N) is 1. The summed E-state index contributed by atoms with van der Waals surface area (Å²) in [6.45, 7) is 2.06. The number of imidazole rings is 1. The molecule has 2 aromatic carbocycles. The van der Waals surface area contributed by atoms with Crippen LogP contribution < -0.4 is 5.73 Å². The van der Waals surface area contributed by atoms with E-state index in [2.05, 4.69) is 45.0 Å². The monoisotopic (exact) mass is 301 g/mol. The SMILES string of the molecule is Cc1cc(Br)c2nc(-c3cccc(N)c3)[nH]c2c1. The van der Waals surface area contributed by atoms with Gasteiger partial charge in [0, 0.05) is 15.7 Å². The first-order valence-corrected chi connectivity index (χ1v) is 6.44. The van der Waals surface area contributed by atoms with Crippen molar-refractivity contribution in [2.75, 3.05) is 5.73 Å². The molecule has 0 amide bonds. The van der Waals surface area contributed by atoms with Crippen LogP contribution in [0.25, 0.3) is 22.4 Å².